The molecule has 1 N–H and O–H groups in total. The lowest BCUT2D eigenvalue weighted by Crippen LogP contribution is -2.35. The molecule has 0 saturated carbocycles. The average Bonchev–Trinajstić information content (AvgIpc) is 2.67. The smallest absolute Gasteiger partial charge is 0.247 e. The fourth-order valence-electron chi connectivity index (χ4n) is 2.64. The SMILES string of the molecule is CCCCc1ccc(NC(=O)CN(C)S(=O)(=O)c2cc(F)ccc2OC)cc1. The van der Waals surface area contributed by atoms with Crippen LogP contribution >= 0.6 is 0 Å². The largest absolute Gasteiger partial charge is 0.495 e. The lowest BCUT2D eigenvalue weighted by molar-refractivity contribution is -0.116. The third-order valence-electron chi connectivity index (χ3n) is 4.24. The van der Waals surface area contributed by atoms with Gasteiger partial charge in [-0.15, -0.1) is 0 Å². The average molecular weight is 408 g/mol. The minimum atomic E-state index is -4.10. The highest BCUT2D eigenvalue weighted by Gasteiger charge is 2.27. The third-order valence-corrected chi connectivity index (χ3v) is 6.06. The van der Waals surface area contributed by atoms with Gasteiger partial charge in [-0.1, -0.05) is 25.5 Å². The van der Waals surface area contributed by atoms with Crippen molar-refractivity contribution in [3.05, 3.63) is 53.8 Å². The van der Waals surface area contributed by atoms with Crippen LogP contribution in [-0.4, -0.2) is 39.3 Å². The quantitative estimate of drug-likeness (QED) is 0.690. The van der Waals surface area contributed by atoms with Gasteiger partial charge in [-0.05, 0) is 48.7 Å². The maximum absolute atomic E-state index is 13.5. The number of rotatable bonds is 9. The number of anilines is 1. The zero-order chi connectivity index (χ0) is 20.7. The van der Waals surface area contributed by atoms with E-state index >= 15 is 0 Å². The van der Waals surface area contributed by atoms with E-state index in [0.717, 1.165) is 35.7 Å². The number of ether oxygens (including phenoxy) is 1. The Balaban J connectivity index is 2.06. The highest BCUT2D eigenvalue weighted by atomic mass is 32.2. The highest BCUT2D eigenvalue weighted by Crippen LogP contribution is 2.26. The minimum Gasteiger partial charge on any atom is -0.495 e. The van der Waals surface area contributed by atoms with Crippen LogP contribution in [0.5, 0.6) is 5.75 Å². The first-order valence-electron chi connectivity index (χ1n) is 8.96. The number of sulfonamides is 1. The van der Waals surface area contributed by atoms with Gasteiger partial charge < -0.3 is 10.1 Å². The van der Waals surface area contributed by atoms with Crippen LogP contribution in [0.1, 0.15) is 25.3 Å². The van der Waals surface area contributed by atoms with Crippen LogP contribution in [0.4, 0.5) is 10.1 Å². The van der Waals surface area contributed by atoms with E-state index in [-0.39, 0.29) is 10.6 Å². The first-order valence-corrected chi connectivity index (χ1v) is 10.4. The number of amides is 1. The zero-order valence-electron chi connectivity index (χ0n) is 16.2. The Morgan fingerprint density at radius 3 is 2.46 bits per heavy atom. The standard InChI is InChI=1S/C20H25FN2O4S/c1-4-5-6-15-7-10-17(11-8-15)22-20(24)14-23(2)28(25,26)19-13-16(21)9-12-18(19)27-3/h7-13H,4-6,14H2,1-3H3,(H,22,24). The summed E-state index contributed by atoms with van der Waals surface area (Å²) >= 11 is 0. The molecule has 2 rings (SSSR count). The molecule has 0 fully saturated rings. The van der Waals surface area contributed by atoms with Crippen LogP contribution in [0, 0.1) is 5.82 Å². The van der Waals surface area contributed by atoms with E-state index < -0.39 is 28.3 Å². The first kappa shape index (κ1) is 21.8. The number of carbonyl (C=O) groups excluding carboxylic acids is 1. The van der Waals surface area contributed by atoms with Crippen LogP contribution in [0.2, 0.25) is 0 Å². The van der Waals surface area contributed by atoms with Gasteiger partial charge in [0.2, 0.25) is 15.9 Å². The van der Waals surface area contributed by atoms with Gasteiger partial charge >= 0.3 is 0 Å². The fourth-order valence-corrected chi connectivity index (χ4v) is 3.93. The number of nitrogens with zero attached hydrogens (tertiary/aromatic N) is 1. The summed E-state index contributed by atoms with van der Waals surface area (Å²) in [5.41, 5.74) is 1.76. The Hall–Kier alpha value is -2.45. The Morgan fingerprint density at radius 1 is 1.18 bits per heavy atom. The predicted molar refractivity (Wildman–Crippen MR) is 106 cm³/mol. The Bertz CT molecular complexity index is 914. The number of hydrogen-bond acceptors (Lipinski definition) is 4. The van der Waals surface area contributed by atoms with Crippen LogP contribution in [0.3, 0.4) is 0 Å². The summed E-state index contributed by atoms with van der Waals surface area (Å²) in [7, 11) is -1.55. The molecule has 2 aromatic carbocycles. The number of carbonyl (C=O) groups is 1. The summed E-state index contributed by atoms with van der Waals surface area (Å²) in [6, 6.07) is 10.6. The minimum absolute atomic E-state index is 0.0105. The number of benzene rings is 2. The summed E-state index contributed by atoms with van der Waals surface area (Å²) in [6.45, 7) is 1.71. The highest BCUT2D eigenvalue weighted by molar-refractivity contribution is 7.89. The number of methoxy groups -OCH3 is 1. The molecule has 152 valence electrons. The van der Waals surface area contributed by atoms with Crippen LogP contribution in [-0.2, 0) is 21.2 Å². The van der Waals surface area contributed by atoms with Crippen molar-refractivity contribution in [3.63, 3.8) is 0 Å². The maximum atomic E-state index is 13.5. The number of halogens is 1. The molecule has 0 spiro atoms. The molecule has 0 aliphatic carbocycles. The van der Waals surface area contributed by atoms with Gasteiger partial charge in [0.15, 0.2) is 0 Å². The molecular formula is C20H25FN2O4S. The molecule has 0 atom stereocenters. The van der Waals surface area contributed by atoms with Crippen LogP contribution in [0.25, 0.3) is 0 Å². The monoisotopic (exact) mass is 408 g/mol. The van der Waals surface area contributed by atoms with Crippen molar-refractivity contribution in [2.45, 2.75) is 31.1 Å². The van der Waals surface area contributed by atoms with E-state index in [1.807, 2.05) is 12.1 Å². The van der Waals surface area contributed by atoms with E-state index in [9.17, 15) is 17.6 Å². The summed E-state index contributed by atoms with van der Waals surface area (Å²) in [4.78, 5) is 11.9. The molecule has 0 saturated heterocycles. The molecule has 0 unspecified atom stereocenters. The van der Waals surface area contributed by atoms with Crippen molar-refractivity contribution >= 4 is 21.6 Å². The van der Waals surface area contributed by atoms with E-state index in [0.29, 0.717) is 5.69 Å². The molecule has 0 aromatic heterocycles. The van der Waals surface area contributed by atoms with Gasteiger partial charge in [0.25, 0.3) is 0 Å². The third kappa shape index (κ3) is 5.53. The van der Waals surface area contributed by atoms with Crippen LogP contribution in [0.15, 0.2) is 47.4 Å². The van der Waals surface area contributed by atoms with E-state index in [2.05, 4.69) is 12.2 Å². The van der Waals surface area contributed by atoms with Gasteiger partial charge in [0, 0.05) is 12.7 Å². The van der Waals surface area contributed by atoms with Gasteiger partial charge in [0.1, 0.15) is 16.5 Å². The predicted octanol–water partition coefficient (Wildman–Crippen LogP) is 3.44. The molecule has 0 aliphatic heterocycles. The topological polar surface area (TPSA) is 75.7 Å². The van der Waals surface area contributed by atoms with Crippen molar-refractivity contribution < 1.29 is 22.3 Å². The summed E-state index contributed by atoms with van der Waals surface area (Å²) < 4.78 is 44.8. The molecule has 28 heavy (non-hydrogen) atoms. The molecule has 8 heteroatoms. The van der Waals surface area contributed by atoms with E-state index in [4.69, 9.17) is 4.74 Å². The number of hydrogen-bond donors (Lipinski definition) is 1. The van der Waals surface area contributed by atoms with Crippen molar-refractivity contribution in [1.29, 1.82) is 0 Å². The van der Waals surface area contributed by atoms with Crippen molar-refractivity contribution in [1.82, 2.24) is 4.31 Å². The maximum Gasteiger partial charge on any atom is 0.247 e. The van der Waals surface area contributed by atoms with Gasteiger partial charge in [0.05, 0.1) is 13.7 Å². The normalized spacial score (nSPS) is 11.5. The van der Waals surface area contributed by atoms with Gasteiger partial charge in [-0.2, -0.15) is 4.31 Å². The lowest BCUT2D eigenvalue weighted by atomic mass is 10.1. The molecule has 0 aliphatic rings. The van der Waals surface area contributed by atoms with Crippen molar-refractivity contribution in [2.24, 2.45) is 0 Å². The molecule has 6 nitrogen and oxygen atoms in total. The lowest BCUT2D eigenvalue weighted by Gasteiger charge is -2.18. The Morgan fingerprint density at radius 2 is 1.86 bits per heavy atom. The molecule has 0 heterocycles. The molecule has 1 amide bonds. The molecule has 0 bridgehead atoms. The van der Waals surface area contributed by atoms with Crippen LogP contribution < -0.4 is 10.1 Å². The summed E-state index contributed by atoms with van der Waals surface area (Å²) in [5, 5.41) is 2.67. The second-order valence-electron chi connectivity index (χ2n) is 6.40. The molecule has 2 aromatic rings. The number of likely N-dealkylation sites (N-methyl/N-ethyl adjacent to an activating group) is 1. The van der Waals surface area contributed by atoms with Crippen molar-refractivity contribution in [2.75, 3.05) is 26.0 Å². The van der Waals surface area contributed by atoms with Gasteiger partial charge in [-0.25, -0.2) is 12.8 Å². The van der Waals surface area contributed by atoms with Gasteiger partial charge in [-0.3, -0.25) is 4.79 Å². The first-order chi connectivity index (χ1) is 13.3. The second-order valence-corrected chi connectivity index (χ2v) is 8.42. The van der Waals surface area contributed by atoms with E-state index in [1.165, 1.54) is 25.8 Å². The molecular weight excluding hydrogens is 383 g/mol. The van der Waals surface area contributed by atoms with E-state index in [1.54, 1.807) is 12.1 Å². The Kier molecular flexibility index (Phi) is 7.53. The van der Waals surface area contributed by atoms with Crippen molar-refractivity contribution in [3.8, 4) is 5.75 Å². The molecule has 0 radical (unpaired) electrons. The zero-order valence-corrected chi connectivity index (χ0v) is 17.1. The number of aryl methyl sites for hydroxylation is 1. The summed E-state index contributed by atoms with van der Waals surface area (Å²) in [5.74, 6) is -1.19. The fraction of sp³-hybridized carbons (Fsp3) is 0.350. The number of nitrogens with one attached hydrogen (secondary N) is 1. The number of unbranched alkanes of at least 4 members (excludes halogenated alkanes) is 1. The Labute approximate surface area is 165 Å². The summed E-state index contributed by atoms with van der Waals surface area (Å²) in [6.07, 6.45) is 3.18. The second kappa shape index (κ2) is 9.66.